The molecule has 0 radical (unpaired) electrons. The van der Waals surface area contributed by atoms with Crippen LogP contribution in [0.3, 0.4) is 0 Å². The normalized spacial score (nSPS) is 42.1. The predicted octanol–water partition coefficient (Wildman–Crippen LogP) is -1.93. The molecule has 0 spiro atoms. The van der Waals surface area contributed by atoms with E-state index in [0.717, 1.165) is 0 Å². The molecule has 0 aromatic rings. The number of hydrogen-bond acceptors (Lipinski definition) is 5. The van der Waals surface area contributed by atoms with Crippen LogP contribution in [0.15, 0.2) is 12.0 Å². The first-order chi connectivity index (χ1) is 5.16. The molecule has 3 unspecified atom stereocenters. The summed E-state index contributed by atoms with van der Waals surface area (Å²) in [6, 6.07) is 0. The molecule has 0 saturated carbocycles. The summed E-state index contributed by atoms with van der Waals surface area (Å²) in [6.07, 6.45) is -2.77. The summed E-state index contributed by atoms with van der Waals surface area (Å²) < 4.78 is 0. The maximum absolute atomic E-state index is 9.11. The van der Waals surface area contributed by atoms with E-state index < -0.39 is 18.3 Å². The maximum atomic E-state index is 9.11. The van der Waals surface area contributed by atoms with Gasteiger partial charge in [0.15, 0.2) is 0 Å². The van der Waals surface area contributed by atoms with E-state index in [1.165, 1.54) is 0 Å². The first kappa shape index (κ1) is 8.32. The quantitative estimate of drug-likeness (QED) is 0.267. The van der Waals surface area contributed by atoms with Crippen molar-refractivity contribution in [2.45, 2.75) is 18.3 Å². The van der Waals surface area contributed by atoms with Gasteiger partial charge >= 0.3 is 0 Å². The lowest BCUT2D eigenvalue weighted by atomic mass is 10.0. The maximum Gasteiger partial charge on any atom is 0.125 e. The van der Waals surface area contributed by atoms with Crippen LogP contribution in [-0.2, 0) is 0 Å². The van der Waals surface area contributed by atoms with Crippen LogP contribution >= 0.6 is 0 Å². The fourth-order valence-corrected chi connectivity index (χ4v) is 0.964. The van der Waals surface area contributed by atoms with E-state index in [0.29, 0.717) is 6.26 Å². The Morgan fingerprint density at radius 3 is 2.55 bits per heavy atom. The first-order valence-electron chi connectivity index (χ1n) is 3.29. The van der Waals surface area contributed by atoms with Crippen molar-refractivity contribution in [2.75, 3.05) is 6.54 Å². The summed E-state index contributed by atoms with van der Waals surface area (Å²) >= 11 is 0. The van der Waals surface area contributed by atoms with Crippen molar-refractivity contribution in [3.05, 3.63) is 12.0 Å². The number of aliphatic hydroxyl groups is 4. The molecule has 0 aromatic carbocycles. The van der Waals surface area contributed by atoms with Gasteiger partial charge < -0.3 is 25.7 Å². The predicted molar refractivity (Wildman–Crippen MR) is 36.7 cm³/mol. The van der Waals surface area contributed by atoms with Gasteiger partial charge in [-0.25, -0.2) is 0 Å². The Morgan fingerprint density at radius 2 is 2.00 bits per heavy atom. The third-order valence-electron chi connectivity index (χ3n) is 1.69. The highest BCUT2D eigenvalue weighted by Crippen LogP contribution is 2.12. The van der Waals surface area contributed by atoms with Gasteiger partial charge in [-0.05, 0) is 0 Å². The van der Waals surface area contributed by atoms with Gasteiger partial charge in [-0.3, -0.25) is 0 Å². The highest BCUT2D eigenvalue weighted by Gasteiger charge is 2.32. The Hall–Kier alpha value is -0.780. The minimum Gasteiger partial charge on any atom is -0.514 e. The zero-order chi connectivity index (χ0) is 8.43. The second-order valence-electron chi connectivity index (χ2n) is 2.47. The van der Waals surface area contributed by atoms with Crippen molar-refractivity contribution in [2.24, 2.45) is 0 Å². The van der Waals surface area contributed by atoms with Crippen LogP contribution in [0.25, 0.3) is 0 Å². The van der Waals surface area contributed by atoms with Gasteiger partial charge in [0.2, 0.25) is 0 Å². The molecule has 1 rings (SSSR count). The summed E-state index contributed by atoms with van der Waals surface area (Å²) in [6.45, 7) is 0.130. The van der Waals surface area contributed by atoms with E-state index in [1.54, 1.807) is 0 Å². The summed E-state index contributed by atoms with van der Waals surface area (Å²) in [5.41, 5.74) is 0.128. The molecule has 11 heavy (non-hydrogen) atoms. The Balaban J connectivity index is 2.67. The van der Waals surface area contributed by atoms with Gasteiger partial charge in [0, 0.05) is 6.54 Å². The molecule has 0 aromatic heterocycles. The lowest BCUT2D eigenvalue weighted by Crippen LogP contribution is -2.51. The largest absolute Gasteiger partial charge is 0.514 e. The molecular weight excluding hydrogens is 150 g/mol. The van der Waals surface area contributed by atoms with Gasteiger partial charge in [0.05, 0.1) is 11.8 Å². The average molecular weight is 161 g/mol. The molecule has 3 atom stereocenters. The van der Waals surface area contributed by atoms with Crippen molar-refractivity contribution < 1.29 is 20.4 Å². The van der Waals surface area contributed by atoms with E-state index in [1.807, 2.05) is 0 Å². The number of rotatable bonds is 0. The fraction of sp³-hybridized carbons (Fsp3) is 0.667. The molecule has 5 nitrogen and oxygen atoms in total. The van der Waals surface area contributed by atoms with Crippen LogP contribution in [0.1, 0.15) is 0 Å². The van der Waals surface area contributed by atoms with Crippen LogP contribution in [0.2, 0.25) is 0 Å². The number of aliphatic hydroxyl groups excluding tert-OH is 4. The number of nitrogens with one attached hydrogen (secondary N) is 1. The van der Waals surface area contributed by atoms with E-state index in [-0.39, 0.29) is 12.2 Å². The molecular formula is C6H11NO4. The molecule has 1 saturated heterocycles. The summed E-state index contributed by atoms with van der Waals surface area (Å²) in [4.78, 5) is 0. The zero-order valence-corrected chi connectivity index (χ0v) is 5.81. The van der Waals surface area contributed by atoms with E-state index in [9.17, 15) is 0 Å². The van der Waals surface area contributed by atoms with Crippen LogP contribution < -0.4 is 5.32 Å². The van der Waals surface area contributed by atoms with Gasteiger partial charge in [-0.2, -0.15) is 0 Å². The highest BCUT2D eigenvalue weighted by atomic mass is 16.4. The molecule has 1 aliphatic rings. The first-order valence-corrected chi connectivity index (χ1v) is 3.29. The minimum absolute atomic E-state index is 0.128. The molecule has 64 valence electrons. The van der Waals surface area contributed by atoms with Crippen molar-refractivity contribution in [3.63, 3.8) is 0 Å². The molecule has 0 bridgehead atoms. The fourth-order valence-electron chi connectivity index (χ4n) is 0.964. The van der Waals surface area contributed by atoms with Crippen LogP contribution in [0.5, 0.6) is 0 Å². The smallest absolute Gasteiger partial charge is 0.125 e. The highest BCUT2D eigenvalue weighted by molar-refractivity contribution is 5.10. The Bertz CT molecular complexity index is 170. The van der Waals surface area contributed by atoms with Crippen LogP contribution in [0.4, 0.5) is 0 Å². The molecule has 5 N–H and O–H groups in total. The van der Waals surface area contributed by atoms with Gasteiger partial charge in [-0.15, -0.1) is 0 Å². The number of piperidine rings is 1. The van der Waals surface area contributed by atoms with Gasteiger partial charge in [0.25, 0.3) is 0 Å². The standard InChI is InChI=1S/C6H11NO4/c8-2-3-5(10)6(11)4(9)1-7-3/h2,4-11H,1H2. The topological polar surface area (TPSA) is 93.0 Å². The third-order valence-corrected chi connectivity index (χ3v) is 1.69. The van der Waals surface area contributed by atoms with Gasteiger partial charge in [0.1, 0.15) is 18.5 Å². The third kappa shape index (κ3) is 1.45. The lowest BCUT2D eigenvalue weighted by molar-refractivity contribution is -0.0610. The summed E-state index contributed by atoms with van der Waals surface area (Å²) in [5.74, 6) is 0. The van der Waals surface area contributed by atoms with Crippen molar-refractivity contribution in [1.82, 2.24) is 5.32 Å². The van der Waals surface area contributed by atoms with Crippen molar-refractivity contribution in [1.29, 1.82) is 0 Å². The molecule has 1 fully saturated rings. The number of β-amino-alcohol motifs (C(OH)–C–C–N with tert-alkyl or cyclic N) is 1. The summed E-state index contributed by atoms with van der Waals surface area (Å²) in [5, 5.41) is 38.2. The van der Waals surface area contributed by atoms with Crippen LogP contribution in [0, 0.1) is 0 Å². The van der Waals surface area contributed by atoms with E-state index in [4.69, 9.17) is 20.4 Å². The molecule has 5 heteroatoms. The molecule has 0 aliphatic carbocycles. The molecule has 1 aliphatic heterocycles. The second kappa shape index (κ2) is 3.08. The van der Waals surface area contributed by atoms with Gasteiger partial charge in [-0.1, -0.05) is 0 Å². The van der Waals surface area contributed by atoms with Crippen molar-refractivity contribution in [3.8, 4) is 0 Å². The summed E-state index contributed by atoms with van der Waals surface area (Å²) in [7, 11) is 0. The monoisotopic (exact) mass is 161 g/mol. The average Bonchev–Trinajstić information content (AvgIpc) is 2.01. The lowest BCUT2D eigenvalue weighted by Gasteiger charge is -2.30. The SMILES string of the molecule is OC=C1NCC(O)C(O)C1O. The van der Waals surface area contributed by atoms with Crippen LogP contribution in [-0.4, -0.2) is 45.3 Å². The second-order valence-corrected chi connectivity index (χ2v) is 2.47. The number of hydrogen-bond donors (Lipinski definition) is 5. The Kier molecular flexibility index (Phi) is 2.33. The molecule has 1 heterocycles. The minimum atomic E-state index is -1.23. The Labute approximate surface area is 63.6 Å². The molecule has 0 amide bonds. The zero-order valence-electron chi connectivity index (χ0n) is 5.81. The Morgan fingerprint density at radius 1 is 1.36 bits per heavy atom. The van der Waals surface area contributed by atoms with Crippen molar-refractivity contribution >= 4 is 0 Å². The van der Waals surface area contributed by atoms with E-state index >= 15 is 0 Å². The van der Waals surface area contributed by atoms with E-state index in [2.05, 4.69) is 5.32 Å².